The molecule has 0 unspecified atom stereocenters. The smallest absolute Gasteiger partial charge is 0.281 e. The van der Waals surface area contributed by atoms with E-state index in [4.69, 9.17) is 0 Å². The van der Waals surface area contributed by atoms with Crippen LogP contribution in [0.2, 0.25) is 0 Å². The number of carbonyl (C=O) groups is 1. The Hall–Kier alpha value is -0.660. The number of piperazine rings is 1. The van der Waals surface area contributed by atoms with Crippen molar-refractivity contribution in [3.8, 4) is 0 Å². The molecule has 0 spiro atoms. The van der Waals surface area contributed by atoms with Gasteiger partial charge in [-0.05, 0) is 12.3 Å². The van der Waals surface area contributed by atoms with Crippen LogP contribution in [0.15, 0.2) is 0 Å². The summed E-state index contributed by atoms with van der Waals surface area (Å²) in [7, 11) is -0.272. The monoisotopic (exact) mass is 331 g/mol. The fraction of sp³-hybridized carbons (Fsp3) is 0.933. The van der Waals surface area contributed by atoms with Crippen molar-refractivity contribution in [3.05, 3.63) is 0 Å². The molecule has 1 amide bonds. The van der Waals surface area contributed by atoms with E-state index in [1.54, 1.807) is 0 Å². The van der Waals surface area contributed by atoms with E-state index in [-0.39, 0.29) is 5.91 Å². The second-order valence-corrected chi connectivity index (χ2v) is 8.76. The first-order valence-electron chi connectivity index (χ1n) is 8.36. The minimum atomic E-state index is -3.35. The molecule has 2 fully saturated rings. The van der Waals surface area contributed by atoms with Crippen LogP contribution in [0, 0.1) is 5.92 Å². The van der Waals surface area contributed by atoms with Gasteiger partial charge >= 0.3 is 0 Å². The minimum Gasteiger partial charge on any atom is -0.340 e. The molecule has 0 aromatic heterocycles. The minimum absolute atomic E-state index is 0.187. The Labute approximate surface area is 134 Å². The van der Waals surface area contributed by atoms with Crippen LogP contribution in [-0.2, 0) is 15.0 Å². The maximum Gasteiger partial charge on any atom is 0.281 e. The molecule has 2 aliphatic rings. The van der Waals surface area contributed by atoms with Gasteiger partial charge in [0.15, 0.2) is 0 Å². The predicted molar refractivity (Wildman–Crippen MR) is 86.6 cm³/mol. The van der Waals surface area contributed by atoms with Crippen molar-refractivity contribution < 1.29 is 13.2 Å². The molecule has 1 aliphatic heterocycles. The Morgan fingerprint density at radius 2 is 1.64 bits per heavy atom. The van der Waals surface area contributed by atoms with Gasteiger partial charge in [0.05, 0.1) is 0 Å². The van der Waals surface area contributed by atoms with Crippen LogP contribution in [0.4, 0.5) is 0 Å². The molecule has 0 N–H and O–H groups in total. The molecule has 0 aromatic rings. The highest BCUT2D eigenvalue weighted by atomic mass is 32.2. The molecule has 1 aliphatic carbocycles. The molecule has 0 radical (unpaired) electrons. The van der Waals surface area contributed by atoms with Crippen LogP contribution in [0.1, 0.15) is 44.9 Å². The molecule has 2 rings (SSSR count). The van der Waals surface area contributed by atoms with Crippen molar-refractivity contribution in [2.24, 2.45) is 5.92 Å². The Morgan fingerprint density at radius 3 is 2.18 bits per heavy atom. The summed E-state index contributed by atoms with van der Waals surface area (Å²) in [4.78, 5) is 14.1. The van der Waals surface area contributed by atoms with Crippen molar-refractivity contribution in [1.29, 1.82) is 0 Å². The second kappa shape index (κ2) is 7.75. The topological polar surface area (TPSA) is 60.9 Å². The molecule has 0 atom stereocenters. The first-order chi connectivity index (χ1) is 10.4. The van der Waals surface area contributed by atoms with E-state index in [0.717, 1.165) is 6.42 Å². The highest BCUT2D eigenvalue weighted by Crippen LogP contribution is 2.27. The zero-order valence-corrected chi connectivity index (χ0v) is 14.6. The summed E-state index contributed by atoms with van der Waals surface area (Å²) in [5, 5.41) is 0. The average molecular weight is 331 g/mol. The largest absolute Gasteiger partial charge is 0.340 e. The zero-order chi connectivity index (χ0) is 16.2. The van der Waals surface area contributed by atoms with Crippen molar-refractivity contribution in [2.75, 3.05) is 40.3 Å². The van der Waals surface area contributed by atoms with Crippen LogP contribution < -0.4 is 0 Å². The van der Waals surface area contributed by atoms with Crippen LogP contribution >= 0.6 is 0 Å². The van der Waals surface area contributed by atoms with Crippen LogP contribution in [-0.4, -0.2) is 68.1 Å². The van der Waals surface area contributed by atoms with Crippen molar-refractivity contribution in [3.63, 3.8) is 0 Å². The van der Waals surface area contributed by atoms with Gasteiger partial charge in [0.2, 0.25) is 5.91 Å². The van der Waals surface area contributed by atoms with E-state index in [0.29, 0.717) is 38.5 Å². The van der Waals surface area contributed by atoms with Gasteiger partial charge in [-0.1, -0.05) is 32.1 Å². The molecule has 6 nitrogen and oxygen atoms in total. The molecule has 1 saturated heterocycles. The molecule has 7 heteroatoms. The molecule has 128 valence electrons. The molecular formula is C15H29N3O3S. The third-order valence-electron chi connectivity index (χ3n) is 4.87. The summed E-state index contributed by atoms with van der Waals surface area (Å²) in [6.45, 7) is 1.82. The van der Waals surface area contributed by atoms with Gasteiger partial charge in [0, 0.05) is 46.7 Å². The van der Waals surface area contributed by atoms with Gasteiger partial charge < -0.3 is 4.90 Å². The number of carbonyl (C=O) groups excluding carboxylic acids is 1. The summed E-state index contributed by atoms with van der Waals surface area (Å²) in [5.41, 5.74) is 0. The first kappa shape index (κ1) is 17.7. The Balaban J connectivity index is 1.75. The summed E-state index contributed by atoms with van der Waals surface area (Å²) in [6.07, 6.45) is 8.09. The van der Waals surface area contributed by atoms with Gasteiger partial charge in [0.1, 0.15) is 0 Å². The van der Waals surface area contributed by atoms with Gasteiger partial charge in [-0.25, -0.2) is 0 Å². The van der Waals surface area contributed by atoms with Crippen molar-refractivity contribution >= 4 is 16.1 Å². The summed E-state index contributed by atoms with van der Waals surface area (Å²) in [6, 6.07) is 0. The number of amides is 1. The third kappa shape index (κ3) is 4.43. The predicted octanol–water partition coefficient (Wildman–Crippen LogP) is 1.30. The fourth-order valence-electron chi connectivity index (χ4n) is 3.36. The van der Waals surface area contributed by atoms with E-state index < -0.39 is 10.2 Å². The summed E-state index contributed by atoms with van der Waals surface area (Å²) < 4.78 is 26.8. The lowest BCUT2D eigenvalue weighted by Crippen LogP contribution is -2.53. The van der Waals surface area contributed by atoms with Crippen molar-refractivity contribution in [1.82, 2.24) is 13.5 Å². The highest BCUT2D eigenvalue weighted by molar-refractivity contribution is 7.86. The standard InChI is InChI=1S/C15H29N3O3S/c1-16(2)22(20,21)18-12-10-17(11-13-18)15(19)9-8-14-6-4-3-5-7-14/h14H,3-13H2,1-2H3. The average Bonchev–Trinajstić information content (AvgIpc) is 2.53. The third-order valence-corrected chi connectivity index (χ3v) is 6.81. The quantitative estimate of drug-likeness (QED) is 0.763. The lowest BCUT2D eigenvalue weighted by molar-refractivity contribution is -0.132. The molecular weight excluding hydrogens is 302 g/mol. The van der Waals surface area contributed by atoms with E-state index in [2.05, 4.69) is 0 Å². The normalized spacial score (nSPS) is 22.2. The van der Waals surface area contributed by atoms with E-state index >= 15 is 0 Å². The highest BCUT2D eigenvalue weighted by Gasteiger charge is 2.30. The maximum atomic E-state index is 12.3. The summed E-state index contributed by atoms with van der Waals surface area (Å²) in [5.74, 6) is 0.903. The first-order valence-corrected chi connectivity index (χ1v) is 9.76. The van der Waals surface area contributed by atoms with E-state index in [1.807, 2.05) is 4.90 Å². The Bertz CT molecular complexity index is 464. The molecule has 0 bridgehead atoms. The molecule has 1 heterocycles. The number of nitrogens with zero attached hydrogens (tertiary/aromatic N) is 3. The Kier molecular flexibility index (Phi) is 6.23. The molecule has 0 aromatic carbocycles. The van der Waals surface area contributed by atoms with Crippen LogP contribution in [0.3, 0.4) is 0 Å². The van der Waals surface area contributed by atoms with Crippen LogP contribution in [0.25, 0.3) is 0 Å². The molecule has 22 heavy (non-hydrogen) atoms. The van der Waals surface area contributed by atoms with E-state index in [9.17, 15) is 13.2 Å². The second-order valence-electron chi connectivity index (χ2n) is 6.61. The Morgan fingerprint density at radius 1 is 1.05 bits per heavy atom. The SMILES string of the molecule is CN(C)S(=O)(=O)N1CCN(C(=O)CCC2CCCCC2)CC1. The number of hydrogen-bond acceptors (Lipinski definition) is 3. The van der Waals surface area contributed by atoms with E-state index in [1.165, 1.54) is 54.8 Å². The zero-order valence-electron chi connectivity index (χ0n) is 13.8. The lowest BCUT2D eigenvalue weighted by Gasteiger charge is -2.35. The van der Waals surface area contributed by atoms with Crippen molar-refractivity contribution in [2.45, 2.75) is 44.9 Å². The van der Waals surface area contributed by atoms with Gasteiger partial charge in [-0.15, -0.1) is 0 Å². The maximum absolute atomic E-state index is 12.3. The lowest BCUT2D eigenvalue weighted by atomic mass is 9.86. The summed E-state index contributed by atoms with van der Waals surface area (Å²) >= 11 is 0. The fourth-order valence-corrected chi connectivity index (χ4v) is 4.45. The van der Waals surface area contributed by atoms with Crippen LogP contribution in [0.5, 0.6) is 0 Å². The molecule has 1 saturated carbocycles. The van der Waals surface area contributed by atoms with Gasteiger partial charge in [-0.2, -0.15) is 17.0 Å². The van der Waals surface area contributed by atoms with Gasteiger partial charge in [-0.3, -0.25) is 4.79 Å². The van der Waals surface area contributed by atoms with Gasteiger partial charge in [0.25, 0.3) is 10.2 Å². The number of hydrogen-bond donors (Lipinski definition) is 0. The number of rotatable bonds is 5.